The summed E-state index contributed by atoms with van der Waals surface area (Å²) in [4.78, 5) is 11.6. The Labute approximate surface area is 90.6 Å². The van der Waals surface area contributed by atoms with E-state index in [-0.39, 0.29) is 5.78 Å². The van der Waals surface area contributed by atoms with Gasteiger partial charge in [-0.3, -0.25) is 4.79 Å². The minimum absolute atomic E-state index is 0.0217. The Morgan fingerprint density at radius 2 is 2.07 bits per heavy atom. The van der Waals surface area contributed by atoms with Gasteiger partial charge in [0.25, 0.3) is 0 Å². The van der Waals surface area contributed by atoms with E-state index in [1.807, 2.05) is 39.0 Å². The molecule has 0 aliphatic heterocycles. The number of allylic oxidation sites excluding steroid dienone is 1. The predicted octanol–water partition coefficient (Wildman–Crippen LogP) is 3.04. The van der Waals surface area contributed by atoms with Gasteiger partial charge in [0.2, 0.25) is 0 Å². The molecule has 0 aromatic heterocycles. The van der Waals surface area contributed by atoms with Gasteiger partial charge in [-0.2, -0.15) is 0 Å². The van der Waals surface area contributed by atoms with Crippen LogP contribution in [0, 0.1) is 13.8 Å². The van der Waals surface area contributed by atoms with Crippen LogP contribution in [0.1, 0.15) is 28.4 Å². The van der Waals surface area contributed by atoms with Crippen molar-refractivity contribution in [2.45, 2.75) is 20.8 Å². The Hall–Kier alpha value is -1.57. The van der Waals surface area contributed by atoms with Gasteiger partial charge >= 0.3 is 0 Å². The van der Waals surface area contributed by atoms with Crippen LogP contribution in [-0.4, -0.2) is 12.4 Å². The number of hydrogen-bond donors (Lipinski definition) is 0. The molecular formula is C13H16O2. The van der Waals surface area contributed by atoms with E-state index in [9.17, 15) is 4.79 Å². The fourth-order valence-corrected chi connectivity index (χ4v) is 1.20. The second kappa shape index (κ2) is 5.35. The summed E-state index contributed by atoms with van der Waals surface area (Å²) in [5, 5.41) is 0. The SMILES string of the molecule is CCO/C=C/C(=O)c1ccc(C)c(C)c1. The molecule has 0 aliphatic carbocycles. The van der Waals surface area contributed by atoms with Crippen LogP contribution in [0.5, 0.6) is 0 Å². The first-order chi connectivity index (χ1) is 7.15. The first-order valence-corrected chi connectivity index (χ1v) is 5.05. The first kappa shape index (κ1) is 11.5. The van der Waals surface area contributed by atoms with Crippen LogP contribution < -0.4 is 0 Å². The predicted molar refractivity (Wildman–Crippen MR) is 61.0 cm³/mol. The van der Waals surface area contributed by atoms with Gasteiger partial charge in [-0.05, 0) is 38.0 Å². The number of rotatable bonds is 4. The molecule has 0 N–H and O–H groups in total. The number of carbonyl (C=O) groups is 1. The number of benzene rings is 1. The largest absolute Gasteiger partial charge is 0.501 e. The van der Waals surface area contributed by atoms with Crippen LogP contribution in [0.15, 0.2) is 30.5 Å². The molecule has 0 bridgehead atoms. The van der Waals surface area contributed by atoms with E-state index >= 15 is 0 Å². The highest BCUT2D eigenvalue weighted by Gasteiger charge is 2.02. The molecule has 1 rings (SSSR count). The summed E-state index contributed by atoms with van der Waals surface area (Å²) in [5.74, 6) is -0.0217. The van der Waals surface area contributed by atoms with Gasteiger partial charge in [-0.1, -0.05) is 12.1 Å². The fraction of sp³-hybridized carbons (Fsp3) is 0.308. The highest BCUT2D eigenvalue weighted by Crippen LogP contribution is 2.10. The molecule has 15 heavy (non-hydrogen) atoms. The van der Waals surface area contributed by atoms with Gasteiger partial charge in [0.1, 0.15) is 0 Å². The molecule has 0 spiro atoms. The second-order valence-electron chi connectivity index (χ2n) is 3.42. The molecule has 0 radical (unpaired) electrons. The second-order valence-corrected chi connectivity index (χ2v) is 3.42. The lowest BCUT2D eigenvalue weighted by Crippen LogP contribution is -1.96. The van der Waals surface area contributed by atoms with E-state index in [4.69, 9.17) is 4.74 Å². The van der Waals surface area contributed by atoms with Crippen molar-refractivity contribution < 1.29 is 9.53 Å². The highest BCUT2D eigenvalue weighted by molar-refractivity contribution is 6.04. The lowest BCUT2D eigenvalue weighted by molar-refractivity contribution is 0.104. The number of carbonyl (C=O) groups excluding carboxylic acids is 1. The molecule has 0 saturated heterocycles. The van der Waals surface area contributed by atoms with E-state index in [2.05, 4.69) is 0 Å². The van der Waals surface area contributed by atoms with Crippen molar-refractivity contribution in [3.63, 3.8) is 0 Å². The van der Waals surface area contributed by atoms with Crippen LogP contribution >= 0.6 is 0 Å². The third-order valence-corrected chi connectivity index (χ3v) is 2.27. The average Bonchev–Trinajstić information content (AvgIpc) is 2.22. The maximum atomic E-state index is 11.6. The van der Waals surface area contributed by atoms with E-state index in [0.717, 1.165) is 5.56 Å². The van der Waals surface area contributed by atoms with Crippen molar-refractivity contribution in [3.8, 4) is 0 Å². The smallest absolute Gasteiger partial charge is 0.188 e. The van der Waals surface area contributed by atoms with E-state index < -0.39 is 0 Å². The van der Waals surface area contributed by atoms with Crippen molar-refractivity contribution in [1.82, 2.24) is 0 Å². The summed E-state index contributed by atoms with van der Waals surface area (Å²) < 4.78 is 4.98. The summed E-state index contributed by atoms with van der Waals surface area (Å²) in [6, 6.07) is 5.69. The summed E-state index contributed by atoms with van der Waals surface area (Å²) in [7, 11) is 0. The van der Waals surface area contributed by atoms with Crippen LogP contribution in [0.3, 0.4) is 0 Å². The zero-order valence-electron chi connectivity index (χ0n) is 9.41. The van der Waals surface area contributed by atoms with Gasteiger partial charge in [-0.15, -0.1) is 0 Å². The van der Waals surface area contributed by atoms with Gasteiger partial charge in [0.15, 0.2) is 5.78 Å². The molecule has 0 heterocycles. The summed E-state index contributed by atoms with van der Waals surface area (Å²) in [5.41, 5.74) is 3.03. The average molecular weight is 204 g/mol. The van der Waals surface area contributed by atoms with Gasteiger partial charge in [0.05, 0.1) is 12.9 Å². The van der Waals surface area contributed by atoms with Crippen molar-refractivity contribution in [1.29, 1.82) is 0 Å². The van der Waals surface area contributed by atoms with E-state index in [1.165, 1.54) is 17.9 Å². The topological polar surface area (TPSA) is 26.3 Å². The molecule has 0 fully saturated rings. The van der Waals surface area contributed by atoms with Crippen molar-refractivity contribution in [3.05, 3.63) is 47.2 Å². The molecule has 0 saturated carbocycles. The molecular weight excluding hydrogens is 188 g/mol. The molecule has 1 aromatic rings. The third-order valence-electron chi connectivity index (χ3n) is 2.27. The van der Waals surface area contributed by atoms with Gasteiger partial charge in [-0.25, -0.2) is 0 Å². The number of ether oxygens (including phenoxy) is 1. The molecule has 0 amide bonds. The standard InChI is InChI=1S/C13H16O2/c1-4-15-8-7-13(14)12-6-5-10(2)11(3)9-12/h5-9H,4H2,1-3H3/b8-7+. The fourth-order valence-electron chi connectivity index (χ4n) is 1.20. The summed E-state index contributed by atoms with van der Waals surface area (Å²) >= 11 is 0. The quantitative estimate of drug-likeness (QED) is 0.428. The monoisotopic (exact) mass is 204 g/mol. The van der Waals surface area contributed by atoms with Crippen LogP contribution in [0.25, 0.3) is 0 Å². The van der Waals surface area contributed by atoms with Crippen LogP contribution in [-0.2, 0) is 4.74 Å². The van der Waals surface area contributed by atoms with Crippen LogP contribution in [0.4, 0.5) is 0 Å². The van der Waals surface area contributed by atoms with Gasteiger partial charge in [0, 0.05) is 11.6 Å². The lowest BCUT2D eigenvalue weighted by Gasteiger charge is -2.01. The zero-order chi connectivity index (χ0) is 11.3. The van der Waals surface area contributed by atoms with Crippen molar-refractivity contribution >= 4 is 5.78 Å². The number of aryl methyl sites for hydroxylation is 2. The van der Waals surface area contributed by atoms with Gasteiger partial charge < -0.3 is 4.74 Å². The normalized spacial score (nSPS) is 10.6. The zero-order valence-corrected chi connectivity index (χ0v) is 9.41. The lowest BCUT2D eigenvalue weighted by atomic mass is 10.0. The number of ketones is 1. The number of hydrogen-bond acceptors (Lipinski definition) is 2. The van der Waals surface area contributed by atoms with Crippen molar-refractivity contribution in [2.75, 3.05) is 6.61 Å². The molecule has 0 atom stereocenters. The maximum absolute atomic E-state index is 11.6. The van der Waals surface area contributed by atoms with Crippen LogP contribution in [0.2, 0.25) is 0 Å². The minimum Gasteiger partial charge on any atom is -0.501 e. The molecule has 0 unspecified atom stereocenters. The van der Waals surface area contributed by atoms with E-state index in [0.29, 0.717) is 12.2 Å². The Morgan fingerprint density at radius 3 is 2.67 bits per heavy atom. The summed E-state index contributed by atoms with van der Waals surface area (Å²) in [6.45, 7) is 6.49. The Morgan fingerprint density at radius 1 is 1.33 bits per heavy atom. The molecule has 1 aromatic carbocycles. The Bertz CT molecular complexity index is 378. The third kappa shape index (κ3) is 3.24. The van der Waals surface area contributed by atoms with Crippen molar-refractivity contribution in [2.24, 2.45) is 0 Å². The minimum atomic E-state index is -0.0217. The Balaban J connectivity index is 2.78. The molecule has 2 nitrogen and oxygen atoms in total. The molecule has 2 heteroatoms. The molecule has 0 aliphatic rings. The first-order valence-electron chi connectivity index (χ1n) is 5.05. The Kier molecular flexibility index (Phi) is 4.10. The maximum Gasteiger partial charge on any atom is 0.188 e. The summed E-state index contributed by atoms with van der Waals surface area (Å²) in [6.07, 6.45) is 2.89. The highest BCUT2D eigenvalue weighted by atomic mass is 16.5. The molecule has 80 valence electrons. The van der Waals surface area contributed by atoms with E-state index in [1.54, 1.807) is 0 Å².